The molecule has 106 valence electrons. The van der Waals surface area contributed by atoms with Gasteiger partial charge in [-0.15, -0.1) is 0 Å². The molecule has 1 aromatic heterocycles. The molecular weight excluding hydrogens is 295 g/mol. The van der Waals surface area contributed by atoms with E-state index in [1.165, 1.54) is 0 Å². The van der Waals surface area contributed by atoms with Gasteiger partial charge < -0.3 is 9.30 Å². The van der Waals surface area contributed by atoms with E-state index in [9.17, 15) is 0 Å². The lowest BCUT2D eigenvalue weighted by molar-refractivity contribution is 0.404. The van der Waals surface area contributed by atoms with Crippen LogP contribution in [0.1, 0.15) is 29.9 Å². The average Bonchev–Trinajstić information content (AvgIpc) is 2.99. The summed E-state index contributed by atoms with van der Waals surface area (Å²) in [5, 5.41) is 1.17. The fourth-order valence-corrected chi connectivity index (χ4v) is 3.30. The minimum Gasteiger partial charge on any atom is -0.496 e. The molecule has 1 aliphatic rings. The number of ether oxygens (including phenoxy) is 1. The van der Waals surface area contributed by atoms with Gasteiger partial charge in [0.2, 0.25) is 0 Å². The zero-order valence-corrected chi connectivity index (χ0v) is 13.0. The highest BCUT2D eigenvalue weighted by molar-refractivity contribution is 6.42. The van der Waals surface area contributed by atoms with Crippen LogP contribution in [0.4, 0.5) is 0 Å². The van der Waals surface area contributed by atoms with Crippen LogP contribution in [0, 0.1) is 0 Å². The number of hydrogen-bond donors (Lipinski definition) is 0. The third-order valence-corrected chi connectivity index (χ3v) is 4.66. The first-order valence-corrected chi connectivity index (χ1v) is 7.46. The lowest BCUT2D eigenvalue weighted by Crippen LogP contribution is -2.05. The summed E-state index contributed by atoms with van der Waals surface area (Å²) in [5.41, 5.74) is 2.13. The number of nitrogens with zero attached hydrogens (tertiary/aromatic N) is 2. The van der Waals surface area contributed by atoms with E-state index in [2.05, 4.69) is 22.7 Å². The Kier molecular flexibility index (Phi) is 3.65. The van der Waals surface area contributed by atoms with Crippen LogP contribution in [-0.2, 0) is 19.4 Å². The van der Waals surface area contributed by atoms with Gasteiger partial charge in [0.15, 0.2) is 0 Å². The molecule has 0 aliphatic carbocycles. The molecule has 0 saturated heterocycles. The minimum absolute atomic E-state index is 0.268. The largest absolute Gasteiger partial charge is 0.496 e. The average molecular weight is 311 g/mol. The summed E-state index contributed by atoms with van der Waals surface area (Å²) in [6, 6.07) is 3.65. The molecule has 1 aliphatic heterocycles. The summed E-state index contributed by atoms with van der Waals surface area (Å²) in [4.78, 5) is 4.64. The molecule has 0 saturated carbocycles. The van der Waals surface area contributed by atoms with Gasteiger partial charge in [-0.05, 0) is 18.6 Å². The summed E-state index contributed by atoms with van der Waals surface area (Å²) < 4.78 is 7.65. The molecule has 0 N–H and O–H groups in total. The third-order valence-electron chi connectivity index (χ3n) is 3.84. The van der Waals surface area contributed by atoms with Gasteiger partial charge in [-0.1, -0.05) is 30.1 Å². The van der Waals surface area contributed by atoms with Gasteiger partial charge in [0.05, 0.1) is 22.8 Å². The summed E-state index contributed by atoms with van der Waals surface area (Å²) in [6.45, 7) is 2.99. The SMILES string of the molecule is CCc1cn2c(n1)CC(c1c(OC)ccc(Cl)c1Cl)C2. The highest BCUT2D eigenvalue weighted by Crippen LogP contribution is 2.42. The van der Waals surface area contributed by atoms with Crippen molar-refractivity contribution in [1.82, 2.24) is 9.55 Å². The Hall–Kier alpha value is -1.19. The molecule has 2 aromatic rings. The van der Waals surface area contributed by atoms with Crippen LogP contribution in [0.3, 0.4) is 0 Å². The standard InChI is InChI=1S/C15H16Cl2N2O/c1-3-10-8-19-7-9(6-13(19)18-10)14-12(20-2)5-4-11(16)15(14)17/h4-5,8-9H,3,6-7H2,1-2H3. The molecule has 0 amide bonds. The number of benzene rings is 1. The number of imidazole rings is 1. The zero-order valence-electron chi connectivity index (χ0n) is 11.5. The molecule has 0 radical (unpaired) electrons. The molecule has 0 bridgehead atoms. The van der Waals surface area contributed by atoms with Gasteiger partial charge in [-0.25, -0.2) is 4.98 Å². The minimum atomic E-state index is 0.268. The maximum atomic E-state index is 6.38. The van der Waals surface area contributed by atoms with Crippen molar-refractivity contribution in [2.45, 2.75) is 32.2 Å². The number of aromatic nitrogens is 2. The highest BCUT2D eigenvalue weighted by atomic mass is 35.5. The second-order valence-electron chi connectivity index (χ2n) is 5.03. The van der Waals surface area contributed by atoms with Crippen LogP contribution in [0.25, 0.3) is 0 Å². The van der Waals surface area contributed by atoms with Crippen LogP contribution < -0.4 is 4.74 Å². The van der Waals surface area contributed by atoms with Gasteiger partial charge >= 0.3 is 0 Å². The fraction of sp³-hybridized carbons (Fsp3) is 0.400. The highest BCUT2D eigenvalue weighted by Gasteiger charge is 2.29. The van der Waals surface area contributed by atoms with E-state index in [1.807, 2.05) is 6.07 Å². The number of methoxy groups -OCH3 is 1. The summed E-state index contributed by atoms with van der Waals surface area (Å²) in [6.07, 6.45) is 3.96. The molecular formula is C15H16Cl2N2O. The van der Waals surface area contributed by atoms with Crippen molar-refractivity contribution in [3.05, 3.63) is 45.5 Å². The molecule has 1 unspecified atom stereocenters. The number of fused-ring (bicyclic) bond motifs is 1. The molecule has 20 heavy (non-hydrogen) atoms. The topological polar surface area (TPSA) is 27.1 Å². The molecule has 3 nitrogen and oxygen atoms in total. The maximum Gasteiger partial charge on any atom is 0.124 e. The second-order valence-corrected chi connectivity index (χ2v) is 5.82. The summed E-state index contributed by atoms with van der Waals surface area (Å²) in [5.74, 6) is 2.18. The van der Waals surface area contributed by atoms with Crippen LogP contribution in [0.5, 0.6) is 5.75 Å². The van der Waals surface area contributed by atoms with Crippen molar-refractivity contribution in [2.75, 3.05) is 7.11 Å². The first kappa shape index (κ1) is 13.8. The summed E-state index contributed by atoms with van der Waals surface area (Å²) in [7, 11) is 1.66. The monoisotopic (exact) mass is 310 g/mol. The smallest absolute Gasteiger partial charge is 0.124 e. The molecule has 0 spiro atoms. The lowest BCUT2D eigenvalue weighted by Gasteiger charge is -2.16. The normalized spacial score (nSPS) is 17.3. The predicted octanol–water partition coefficient (Wildman–Crippen LogP) is 4.10. The van der Waals surface area contributed by atoms with Crippen molar-refractivity contribution in [2.24, 2.45) is 0 Å². The number of aryl methyl sites for hydroxylation is 1. The molecule has 3 rings (SSSR count). The predicted molar refractivity (Wildman–Crippen MR) is 81.1 cm³/mol. The molecule has 1 atom stereocenters. The first-order valence-electron chi connectivity index (χ1n) is 6.70. The van der Waals surface area contributed by atoms with Gasteiger partial charge in [0.25, 0.3) is 0 Å². The van der Waals surface area contributed by atoms with Crippen LogP contribution in [0.15, 0.2) is 18.3 Å². The third kappa shape index (κ3) is 2.19. The van der Waals surface area contributed by atoms with E-state index >= 15 is 0 Å². The Balaban J connectivity index is 1.96. The van der Waals surface area contributed by atoms with E-state index in [0.717, 1.165) is 42.2 Å². The van der Waals surface area contributed by atoms with Crippen LogP contribution >= 0.6 is 23.2 Å². The Bertz CT molecular complexity index is 628. The van der Waals surface area contributed by atoms with Crippen LogP contribution in [-0.4, -0.2) is 16.7 Å². The Labute approximate surface area is 128 Å². The Morgan fingerprint density at radius 3 is 2.85 bits per heavy atom. The summed E-state index contributed by atoms with van der Waals surface area (Å²) >= 11 is 12.5. The first-order chi connectivity index (χ1) is 9.63. The van der Waals surface area contributed by atoms with Crippen molar-refractivity contribution in [3.8, 4) is 5.75 Å². The van der Waals surface area contributed by atoms with Gasteiger partial charge in [0.1, 0.15) is 11.6 Å². The van der Waals surface area contributed by atoms with Crippen molar-refractivity contribution >= 4 is 23.2 Å². The van der Waals surface area contributed by atoms with Crippen molar-refractivity contribution < 1.29 is 4.74 Å². The maximum absolute atomic E-state index is 6.38. The van der Waals surface area contributed by atoms with E-state index < -0.39 is 0 Å². The lowest BCUT2D eigenvalue weighted by atomic mass is 9.96. The second kappa shape index (κ2) is 5.30. The van der Waals surface area contributed by atoms with Crippen LogP contribution in [0.2, 0.25) is 10.0 Å². The fourth-order valence-electron chi connectivity index (χ4n) is 2.83. The Morgan fingerprint density at radius 2 is 2.20 bits per heavy atom. The molecule has 1 aromatic carbocycles. The van der Waals surface area contributed by atoms with Gasteiger partial charge in [-0.2, -0.15) is 0 Å². The van der Waals surface area contributed by atoms with Crippen molar-refractivity contribution in [3.63, 3.8) is 0 Å². The van der Waals surface area contributed by atoms with E-state index in [0.29, 0.717) is 10.0 Å². The quantitative estimate of drug-likeness (QED) is 0.853. The molecule has 0 fully saturated rings. The van der Waals surface area contributed by atoms with E-state index in [4.69, 9.17) is 27.9 Å². The van der Waals surface area contributed by atoms with E-state index in [-0.39, 0.29) is 5.92 Å². The molecule has 5 heteroatoms. The Morgan fingerprint density at radius 1 is 1.40 bits per heavy atom. The molecule has 2 heterocycles. The van der Waals surface area contributed by atoms with Gasteiger partial charge in [0, 0.05) is 30.6 Å². The number of halogens is 2. The van der Waals surface area contributed by atoms with Gasteiger partial charge in [-0.3, -0.25) is 0 Å². The van der Waals surface area contributed by atoms with E-state index in [1.54, 1.807) is 13.2 Å². The zero-order chi connectivity index (χ0) is 14.3. The van der Waals surface area contributed by atoms with Crippen molar-refractivity contribution in [1.29, 1.82) is 0 Å². The number of hydrogen-bond acceptors (Lipinski definition) is 2. The number of rotatable bonds is 3.